The van der Waals surface area contributed by atoms with E-state index < -0.39 is 0 Å². The predicted molar refractivity (Wildman–Crippen MR) is 60.1 cm³/mol. The molecule has 0 aromatic carbocycles. The second-order valence-corrected chi connectivity index (χ2v) is 2.57. The van der Waals surface area contributed by atoms with E-state index >= 15 is 0 Å². The van der Waals surface area contributed by atoms with Gasteiger partial charge < -0.3 is 9.47 Å². The van der Waals surface area contributed by atoms with E-state index in [1.54, 1.807) is 0 Å². The maximum absolute atomic E-state index is 5.33. The molecule has 0 saturated heterocycles. The van der Waals surface area contributed by atoms with Crippen molar-refractivity contribution >= 4 is 0 Å². The number of hydrogen-bond acceptors (Lipinski definition) is 2. The molecule has 0 spiro atoms. The quantitative estimate of drug-likeness (QED) is 0.460. The Kier molecular flexibility index (Phi) is 9.59. The largest absolute Gasteiger partial charge is 0.349 e. The molecule has 80 valence electrons. The number of allylic oxidation sites excluding steroid dienone is 5. The summed E-state index contributed by atoms with van der Waals surface area (Å²) in [5, 5.41) is 0. The van der Waals surface area contributed by atoms with Crippen LogP contribution in [0.5, 0.6) is 0 Å². The van der Waals surface area contributed by atoms with Crippen LogP contribution in [0.1, 0.15) is 20.8 Å². The molecule has 2 nitrogen and oxygen atoms in total. The van der Waals surface area contributed by atoms with Gasteiger partial charge in [0.15, 0.2) is 6.29 Å². The third kappa shape index (κ3) is 7.77. The van der Waals surface area contributed by atoms with Gasteiger partial charge >= 0.3 is 0 Å². The molecule has 0 fully saturated rings. The van der Waals surface area contributed by atoms with Crippen LogP contribution in [0.15, 0.2) is 36.5 Å². The highest BCUT2D eigenvalue weighted by molar-refractivity contribution is 5.11. The van der Waals surface area contributed by atoms with E-state index in [0.717, 1.165) is 0 Å². The zero-order valence-electron chi connectivity index (χ0n) is 9.27. The lowest BCUT2D eigenvalue weighted by Gasteiger charge is -2.11. The summed E-state index contributed by atoms with van der Waals surface area (Å²) in [6, 6.07) is 0. The first-order valence-electron chi connectivity index (χ1n) is 5.04. The summed E-state index contributed by atoms with van der Waals surface area (Å²) in [5.74, 6) is 0. The van der Waals surface area contributed by atoms with E-state index in [2.05, 4.69) is 0 Å². The Labute approximate surface area is 86.9 Å². The predicted octanol–water partition coefficient (Wildman–Crippen LogP) is 3.07. The van der Waals surface area contributed by atoms with Crippen LogP contribution in [0, 0.1) is 0 Å². The molecule has 0 aliphatic carbocycles. The average molecular weight is 196 g/mol. The van der Waals surface area contributed by atoms with Crippen LogP contribution in [-0.4, -0.2) is 19.5 Å². The van der Waals surface area contributed by atoms with E-state index in [4.69, 9.17) is 9.47 Å². The Bertz CT molecular complexity index is 186. The number of rotatable bonds is 7. The maximum atomic E-state index is 5.33. The van der Waals surface area contributed by atoms with Gasteiger partial charge in [0.05, 0.1) is 0 Å². The SMILES string of the molecule is C\C=C/C=C/C=C/C(OCC)OCC. The van der Waals surface area contributed by atoms with Gasteiger partial charge in [0.1, 0.15) is 0 Å². The van der Waals surface area contributed by atoms with Gasteiger partial charge in [-0.2, -0.15) is 0 Å². The summed E-state index contributed by atoms with van der Waals surface area (Å²) in [4.78, 5) is 0. The van der Waals surface area contributed by atoms with Gasteiger partial charge in [0.25, 0.3) is 0 Å². The smallest absolute Gasteiger partial charge is 0.177 e. The second kappa shape index (κ2) is 10.2. The van der Waals surface area contributed by atoms with Crippen LogP contribution >= 0.6 is 0 Å². The van der Waals surface area contributed by atoms with Crippen LogP contribution in [0.2, 0.25) is 0 Å². The lowest BCUT2D eigenvalue weighted by atomic mass is 10.4. The van der Waals surface area contributed by atoms with Crippen molar-refractivity contribution in [3.8, 4) is 0 Å². The molecule has 0 aromatic heterocycles. The van der Waals surface area contributed by atoms with Crippen molar-refractivity contribution in [3.63, 3.8) is 0 Å². The molecule has 0 unspecified atom stereocenters. The van der Waals surface area contributed by atoms with E-state index in [1.807, 2.05) is 57.2 Å². The Balaban J connectivity index is 3.87. The summed E-state index contributed by atoms with van der Waals surface area (Å²) < 4.78 is 10.7. The fourth-order valence-corrected chi connectivity index (χ4v) is 0.882. The van der Waals surface area contributed by atoms with Gasteiger partial charge in [-0.3, -0.25) is 0 Å². The van der Waals surface area contributed by atoms with Gasteiger partial charge in [-0.1, -0.05) is 30.4 Å². The topological polar surface area (TPSA) is 18.5 Å². The molecule has 0 saturated carbocycles. The molecule has 14 heavy (non-hydrogen) atoms. The number of hydrogen-bond donors (Lipinski definition) is 0. The molecule has 0 amide bonds. The minimum atomic E-state index is -0.222. The van der Waals surface area contributed by atoms with Crippen LogP contribution in [0.25, 0.3) is 0 Å². The molecule has 0 aromatic rings. The average Bonchev–Trinajstić information content (AvgIpc) is 2.18. The van der Waals surface area contributed by atoms with Crippen molar-refractivity contribution in [3.05, 3.63) is 36.5 Å². The fraction of sp³-hybridized carbons (Fsp3) is 0.500. The summed E-state index contributed by atoms with van der Waals surface area (Å²) in [7, 11) is 0. The molecule has 0 rings (SSSR count). The first-order chi connectivity index (χ1) is 6.85. The van der Waals surface area contributed by atoms with Crippen LogP contribution in [0.4, 0.5) is 0 Å². The fourth-order valence-electron chi connectivity index (χ4n) is 0.882. The minimum Gasteiger partial charge on any atom is -0.349 e. The lowest BCUT2D eigenvalue weighted by molar-refractivity contribution is -0.103. The monoisotopic (exact) mass is 196 g/mol. The minimum absolute atomic E-state index is 0.222. The van der Waals surface area contributed by atoms with Crippen molar-refractivity contribution in [2.75, 3.05) is 13.2 Å². The Morgan fingerprint density at radius 1 is 0.929 bits per heavy atom. The van der Waals surface area contributed by atoms with Gasteiger partial charge in [0.2, 0.25) is 0 Å². The molecule has 0 aliphatic heterocycles. The third-order valence-electron chi connectivity index (χ3n) is 1.46. The molecule has 0 radical (unpaired) electrons. The second-order valence-electron chi connectivity index (χ2n) is 2.57. The van der Waals surface area contributed by atoms with Crippen LogP contribution in [-0.2, 0) is 9.47 Å². The highest BCUT2D eigenvalue weighted by atomic mass is 16.7. The van der Waals surface area contributed by atoms with E-state index in [1.165, 1.54) is 0 Å². The Morgan fingerprint density at radius 2 is 1.50 bits per heavy atom. The van der Waals surface area contributed by atoms with Gasteiger partial charge in [-0.25, -0.2) is 0 Å². The summed E-state index contributed by atoms with van der Waals surface area (Å²) >= 11 is 0. The maximum Gasteiger partial charge on any atom is 0.177 e. The van der Waals surface area contributed by atoms with Crippen molar-refractivity contribution in [1.29, 1.82) is 0 Å². The van der Waals surface area contributed by atoms with Crippen molar-refractivity contribution in [2.24, 2.45) is 0 Å². The first-order valence-corrected chi connectivity index (χ1v) is 5.04. The van der Waals surface area contributed by atoms with Gasteiger partial charge in [0, 0.05) is 13.2 Å². The summed E-state index contributed by atoms with van der Waals surface area (Å²) in [6.45, 7) is 7.21. The van der Waals surface area contributed by atoms with Crippen molar-refractivity contribution < 1.29 is 9.47 Å². The zero-order chi connectivity index (χ0) is 10.6. The molecule has 0 aliphatic rings. The van der Waals surface area contributed by atoms with Gasteiger partial charge in [-0.15, -0.1) is 0 Å². The highest BCUT2D eigenvalue weighted by Gasteiger charge is 1.99. The molecule has 0 heterocycles. The van der Waals surface area contributed by atoms with Crippen LogP contribution < -0.4 is 0 Å². The summed E-state index contributed by atoms with van der Waals surface area (Å²) in [5.41, 5.74) is 0. The normalized spacial score (nSPS) is 12.9. The third-order valence-corrected chi connectivity index (χ3v) is 1.46. The number of ether oxygens (including phenoxy) is 2. The molecular formula is C12H20O2. The molecular weight excluding hydrogens is 176 g/mol. The van der Waals surface area contributed by atoms with E-state index in [0.29, 0.717) is 13.2 Å². The molecule has 2 heteroatoms. The van der Waals surface area contributed by atoms with Gasteiger partial charge in [-0.05, 0) is 26.8 Å². The Hall–Kier alpha value is -0.860. The molecule has 0 bridgehead atoms. The summed E-state index contributed by atoms with van der Waals surface area (Å²) in [6.07, 6.45) is 11.5. The Morgan fingerprint density at radius 3 is 2.00 bits per heavy atom. The van der Waals surface area contributed by atoms with Crippen LogP contribution in [0.3, 0.4) is 0 Å². The van der Waals surface area contributed by atoms with E-state index in [-0.39, 0.29) is 6.29 Å². The first kappa shape index (κ1) is 13.1. The van der Waals surface area contributed by atoms with Crippen molar-refractivity contribution in [2.45, 2.75) is 27.1 Å². The standard InChI is InChI=1S/C12H20O2/c1-4-7-8-9-10-11-12(13-5-2)14-6-3/h4,7-12H,5-6H2,1-3H3/b7-4-,9-8+,11-10+. The lowest BCUT2D eigenvalue weighted by Crippen LogP contribution is -2.13. The molecule has 0 atom stereocenters. The van der Waals surface area contributed by atoms with E-state index in [9.17, 15) is 0 Å². The zero-order valence-corrected chi connectivity index (χ0v) is 9.27. The highest BCUT2D eigenvalue weighted by Crippen LogP contribution is 1.97. The van der Waals surface area contributed by atoms with Crippen molar-refractivity contribution in [1.82, 2.24) is 0 Å². The molecule has 0 N–H and O–H groups in total.